The molecule has 0 atom stereocenters. The lowest BCUT2D eigenvalue weighted by Crippen LogP contribution is -2.25. The van der Waals surface area contributed by atoms with Gasteiger partial charge in [0.05, 0.1) is 17.6 Å². The third kappa shape index (κ3) is 1.43. The van der Waals surface area contributed by atoms with Crippen LogP contribution in [0.3, 0.4) is 0 Å². The largest absolute Gasteiger partial charge is 0.274 e. The van der Waals surface area contributed by atoms with Crippen molar-refractivity contribution in [2.24, 2.45) is 0 Å². The summed E-state index contributed by atoms with van der Waals surface area (Å²) in [5, 5.41) is 6.01. The fourth-order valence-corrected chi connectivity index (χ4v) is 2.51. The molecule has 16 heavy (non-hydrogen) atoms. The van der Waals surface area contributed by atoms with Gasteiger partial charge in [0.15, 0.2) is 0 Å². The van der Waals surface area contributed by atoms with Crippen LogP contribution in [0.15, 0.2) is 35.3 Å². The molecule has 3 rings (SSSR count). The van der Waals surface area contributed by atoms with E-state index in [4.69, 9.17) is 0 Å². The van der Waals surface area contributed by atoms with Gasteiger partial charge in [0.25, 0.3) is 5.56 Å². The predicted molar refractivity (Wildman–Crippen MR) is 63.5 cm³/mol. The highest BCUT2D eigenvalue weighted by Gasteiger charge is 2.19. The van der Waals surface area contributed by atoms with Crippen LogP contribution in [-0.4, -0.2) is 9.78 Å². The molecule has 3 nitrogen and oxygen atoms in total. The molecule has 1 heterocycles. The van der Waals surface area contributed by atoms with E-state index in [2.05, 4.69) is 5.10 Å². The van der Waals surface area contributed by atoms with E-state index in [1.165, 1.54) is 12.8 Å². The van der Waals surface area contributed by atoms with Crippen molar-refractivity contribution in [3.8, 4) is 0 Å². The summed E-state index contributed by atoms with van der Waals surface area (Å²) >= 11 is 0. The van der Waals surface area contributed by atoms with Gasteiger partial charge in [0.2, 0.25) is 0 Å². The third-order valence-electron chi connectivity index (χ3n) is 3.39. The smallest absolute Gasteiger partial charge is 0.267 e. The molecular formula is C13H14N2O. The van der Waals surface area contributed by atoms with E-state index in [1.807, 2.05) is 24.3 Å². The maximum Gasteiger partial charge on any atom is 0.274 e. The summed E-state index contributed by atoms with van der Waals surface area (Å²) in [6.07, 6.45) is 6.41. The van der Waals surface area contributed by atoms with Crippen molar-refractivity contribution in [2.75, 3.05) is 0 Å². The molecule has 1 saturated carbocycles. The number of aromatic nitrogens is 2. The van der Waals surface area contributed by atoms with Crippen LogP contribution < -0.4 is 5.56 Å². The minimum Gasteiger partial charge on any atom is -0.267 e. The monoisotopic (exact) mass is 214 g/mol. The van der Waals surface area contributed by atoms with Crippen molar-refractivity contribution in [3.05, 3.63) is 40.8 Å². The second kappa shape index (κ2) is 3.74. The van der Waals surface area contributed by atoms with E-state index < -0.39 is 0 Å². The first kappa shape index (κ1) is 9.58. The predicted octanol–water partition coefficient (Wildman–Crippen LogP) is 2.51. The molecule has 1 aliphatic carbocycles. The van der Waals surface area contributed by atoms with Gasteiger partial charge in [-0.15, -0.1) is 0 Å². The van der Waals surface area contributed by atoms with Crippen molar-refractivity contribution in [3.63, 3.8) is 0 Å². The molecule has 3 heteroatoms. The van der Waals surface area contributed by atoms with Gasteiger partial charge in [-0.25, -0.2) is 4.68 Å². The summed E-state index contributed by atoms with van der Waals surface area (Å²) in [5.41, 5.74) is 0.0602. The molecule has 1 aromatic carbocycles. The zero-order valence-corrected chi connectivity index (χ0v) is 9.10. The summed E-state index contributed by atoms with van der Waals surface area (Å²) in [6, 6.07) is 7.97. The van der Waals surface area contributed by atoms with Gasteiger partial charge in [-0.1, -0.05) is 31.0 Å². The van der Waals surface area contributed by atoms with Crippen molar-refractivity contribution in [1.29, 1.82) is 0 Å². The SMILES string of the molecule is O=c1c2ccccc2cnn1C1CCCC1. The van der Waals surface area contributed by atoms with E-state index in [9.17, 15) is 4.79 Å². The van der Waals surface area contributed by atoms with Crippen LogP contribution in [0.1, 0.15) is 31.7 Å². The van der Waals surface area contributed by atoms with Crippen LogP contribution in [0.4, 0.5) is 0 Å². The average Bonchev–Trinajstić information content (AvgIpc) is 2.83. The highest BCUT2D eigenvalue weighted by molar-refractivity contribution is 5.80. The summed E-state index contributed by atoms with van der Waals surface area (Å²) < 4.78 is 1.68. The van der Waals surface area contributed by atoms with Crippen LogP contribution in [0, 0.1) is 0 Å². The Balaban J connectivity index is 2.19. The minimum absolute atomic E-state index is 0.0602. The van der Waals surface area contributed by atoms with Gasteiger partial charge >= 0.3 is 0 Å². The molecule has 1 aromatic heterocycles. The molecule has 82 valence electrons. The molecule has 2 aromatic rings. The highest BCUT2D eigenvalue weighted by atomic mass is 16.1. The summed E-state index contributed by atoms with van der Waals surface area (Å²) in [4.78, 5) is 12.2. The summed E-state index contributed by atoms with van der Waals surface area (Å²) in [7, 11) is 0. The minimum atomic E-state index is 0.0602. The van der Waals surface area contributed by atoms with Crippen LogP contribution in [-0.2, 0) is 0 Å². The molecule has 0 spiro atoms. The molecule has 0 aliphatic heterocycles. The lowest BCUT2D eigenvalue weighted by Gasteiger charge is -2.12. The van der Waals surface area contributed by atoms with Gasteiger partial charge in [-0.3, -0.25) is 4.79 Å². The van der Waals surface area contributed by atoms with Gasteiger partial charge < -0.3 is 0 Å². The molecule has 0 bridgehead atoms. The highest BCUT2D eigenvalue weighted by Crippen LogP contribution is 2.27. The van der Waals surface area contributed by atoms with E-state index in [1.54, 1.807) is 10.9 Å². The maximum absolute atomic E-state index is 12.2. The van der Waals surface area contributed by atoms with E-state index in [0.29, 0.717) is 6.04 Å². The van der Waals surface area contributed by atoms with Crippen LogP contribution in [0.25, 0.3) is 10.8 Å². The average molecular weight is 214 g/mol. The zero-order valence-electron chi connectivity index (χ0n) is 9.10. The quantitative estimate of drug-likeness (QED) is 0.731. The van der Waals surface area contributed by atoms with Crippen molar-refractivity contribution >= 4 is 10.8 Å². The van der Waals surface area contributed by atoms with Gasteiger partial charge in [0, 0.05) is 5.39 Å². The Morgan fingerprint density at radius 3 is 2.75 bits per heavy atom. The van der Waals surface area contributed by atoms with Crippen LogP contribution in [0.5, 0.6) is 0 Å². The second-order valence-corrected chi connectivity index (χ2v) is 4.42. The Hall–Kier alpha value is -1.64. The third-order valence-corrected chi connectivity index (χ3v) is 3.39. The summed E-state index contributed by atoms with van der Waals surface area (Å²) in [5.74, 6) is 0. The van der Waals surface area contributed by atoms with E-state index >= 15 is 0 Å². The number of rotatable bonds is 1. The fourth-order valence-electron chi connectivity index (χ4n) is 2.51. The Morgan fingerprint density at radius 1 is 1.19 bits per heavy atom. The molecule has 0 saturated heterocycles. The van der Waals surface area contributed by atoms with E-state index in [-0.39, 0.29) is 5.56 Å². The Bertz CT molecular complexity index is 567. The maximum atomic E-state index is 12.2. The molecule has 0 N–H and O–H groups in total. The first-order valence-electron chi connectivity index (χ1n) is 5.83. The molecule has 1 aliphatic rings. The second-order valence-electron chi connectivity index (χ2n) is 4.42. The molecule has 1 fully saturated rings. The number of benzene rings is 1. The molecule has 0 radical (unpaired) electrons. The van der Waals surface area contributed by atoms with Crippen molar-refractivity contribution < 1.29 is 0 Å². The van der Waals surface area contributed by atoms with Gasteiger partial charge in [0.1, 0.15) is 0 Å². The number of fused-ring (bicyclic) bond motifs is 1. The lowest BCUT2D eigenvalue weighted by atomic mass is 10.2. The number of nitrogens with zero attached hydrogens (tertiary/aromatic N) is 2. The zero-order chi connectivity index (χ0) is 11.0. The first-order valence-corrected chi connectivity index (χ1v) is 5.83. The Kier molecular flexibility index (Phi) is 2.24. The molecule has 0 unspecified atom stereocenters. The van der Waals surface area contributed by atoms with Crippen molar-refractivity contribution in [1.82, 2.24) is 9.78 Å². The van der Waals surface area contributed by atoms with Gasteiger partial charge in [-0.05, 0) is 18.9 Å². The number of hydrogen-bond donors (Lipinski definition) is 0. The van der Waals surface area contributed by atoms with Crippen molar-refractivity contribution in [2.45, 2.75) is 31.7 Å². The lowest BCUT2D eigenvalue weighted by molar-refractivity contribution is 0.447. The van der Waals surface area contributed by atoms with E-state index in [0.717, 1.165) is 23.6 Å². The Labute approximate surface area is 93.7 Å². The van der Waals surface area contributed by atoms with Gasteiger partial charge in [-0.2, -0.15) is 5.10 Å². The first-order chi connectivity index (χ1) is 7.86. The number of hydrogen-bond acceptors (Lipinski definition) is 2. The fraction of sp³-hybridized carbons (Fsp3) is 0.385. The Morgan fingerprint density at radius 2 is 1.94 bits per heavy atom. The normalized spacial score (nSPS) is 17.0. The summed E-state index contributed by atoms with van der Waals surface area (Å²) in [6.45, 7) is 0. The van der Waals surface area contributed by atoms with Crippen LogP contribution >= 0.6 is 0 Å². The topological polar surface area (TPSA) is 34.9 Å². The molecular weight excluding hydrogens is 200 g/mol. The molecule has 0 amide bonds. The standard InChI is InChI=1S/C13H14N2O/c16-13-12-8-4-1-5-10(12)9-14-15(13)11-6-2-3-7-11/h1,4-5,8-9,11H,2-3,6-7H2. The van der Waals surface area contributed by atoms with Crippen LogP contribution in [0.2, 0.25) is 0 Å².